The van der Waals surface area contributed by atoms with Crippen LogP contribution in [0.3, 0.4) is 0 Å². The molecule has 0 saturated carbocycles. The maximum atomic E-state index is 9.94. The van der Waals surface area contributed by atoms with Gasteiger partial charge >= 0.3 is 0 Å². The topological polar surface area (TPSA) is 29.5 Å². The molecule has 0 aliphatic carbocycles. The summed E-state index contributed by atoms with van der Waals surface area (Å²) in [6, 6.07) is 0. The molecule has 0 aromatic heterocycles. The molecule has 1 rings (SSSR count). The first-order valence-electron chi connectivity index (χ1n) is 5.51. The van der Waals surface area contributed by atoms with Gasteiger partial charge in [0.15, 0.2) is 0 Å². The average Bonchev–Trinajstić information content (AvgIpc) is 2.15. The number of unbranched alkanes of at least 4 members (excludes halogenated alkanes) is 1. The highest BCUT2D eigenvalue weighted by Crippen LogP contribution is 2.29. The Morgan fingerprint density at radius 1 is 1.46 bits per heavy atom. The van der Waals surface area contributed by atoms with Crippen LogP contribution in [0.15, 0.2) is 0 Å². The second-order valence-corrected chi connectivity index (χ2v) is 4.28. The van der Waals surface area contributed by atoms with Crippen molar-refractivity contribution in [3.05, 3.63) is 0 Å². The van der Waals surface area contributed by atoms with Crippen molar-refractivity contribution in [3.63, 3.8) is 0 Å². The second kappa shape index (κ2) is 4.97. The van der Waals surface area contributed by atoms with Crippen LogP contribution in [0.4, 0.5) is 0 Å². The van der Waals surface area contributed by atoms with E-state index in [4.69, 9.17) is 4.74 Å². The number of hydrogen-bond donors (Lipinski definition) is 1. The number of aliphatic hydroxyl groups is 1. The molecule has 0 bridgehead atoms. The fourth-order valence-corrected chi connectivity index (χ4v) is 1.92. The van der Waals surface area contributed by atoms with Crippen molar-refractivity contribution in [1.82, 2.24) is 0 Å². The Bertz CT molecular complexity index is 139. The lowest BCUT2D eigenvalue weighted by Gasteiger charge is -2.38. The van der Waals surface area contributed by atoms with Gasteiger partial charge in [0.05, 0.1) is 11.7 Å². The molecule has 1 heterocycles. The van der Waals surface area contributed by atoms with Crippen LogP contribution in [-0.2, 0) is 4.74 Å². The van der Waals surface area contributed by atoms with E-state index in [2.05, 4.69) is 6.92 Å². The molecule has 2 atom stereocenters. The molecule has 2 heteroatoms. The Labute approximate surface area is 81.3 Å². The molecule has 2 unspecified atom stereocenters. The van der Waals surface area contributed by atoms with E-state index in [1.807, 2.05) is 6.92 Å². The molecule has 13 heavy (non-hydrogen) atoms. The van der Waals surface area contributed by atoms with Gasteiger partial charge in [-0.05, 0) is 32.6 Å². The van der Waals surface area contributed by atoms with Crippen LogP contribution in [0.5, 0.6) is 0 Å². The van der Waals surface area contributed by atoms with E-state index < -0.39 is 0 Å². The van der Waals surface area contributed by atoms with E-state index in [1.54, 1.807) is 0 Å². The molecule has 0 aromatic rings. The monoisotopic (exact) mass is 186 g/mol. The molecule has 0 spiro atoms. The maximum absolute atomic E-state index is 9.94. The van der Waals surface area contributed by atoms with Crippen molar-refractivity contribution < 1.29 is 9.84 Å². The van der Waals surface area contributed by atoms with Gasteiger partial charge < -0.3 is 9.84 Å². The van der Waals surface area contributed by atoms with Gasteiger partial charge in [-0.25, -0.2) is 0 Å². The summed E-state index contributed by atoms with van der Waals surface area (Å²) in [5.74, 6) is 0. The Kier molecular flexibility index (Phi) is 4.20. The summed E-state index contributed by atoms with van der Waals surface area (Å²) in [5.41, 5.74) is -0.257. The third kappa shape index (κ3) is 2.96. The summed E-state index contributed by atoms with van der Waals surface area (Å²) < 4.78 is 5.67. The van der Waals surface area contributed by atoms with Gasteiger partial charge in [0.25, 0.3) is 0 Å². The number of aliphatic hydroxyl groups excluding tert-OH is 1. The third-order valence-electron chi connectivity index (χ3n) is 3.04. The van der Waals surface area contributed by atoms with Gasteiger partial charge in [-0.15, -0.1) is 0 Å². The summed E-state index contributed by atoms with van der Waals surface area (Å²) in [7, 11) is 0. The first kappa shape index (κ1) is 11.0. The lowest BCUT2D eigenvalue weighted by molar-refractivity contribution is -0.138. The van der Waals surface area contributed by atoms with Crippen LogP contribution >= 0.6 is 0 Å². The van der Waals surface area contributed by atoms with Crippen molar-refractivity contribution in [2.45, 2.75) is 64.1 Å². The van der Waals surface area contributed by atoms with E-state index in [1.165, 1.54) is 6.42 Å². The summed E-state index contributed by atoms with van der Waals surface area (Å²) in [6.45, 7) is 5.02. The van der Waals surface area contributed by atoms with Crippen molar-refractivity contribution in [1.29, 1.82) is 0 Å². The predicted molar refractivity (Wildman–Crippen MR) is 53.7 cm³/mol. The summed E-state index contributed by atoms with van der Waals surface area (Å²) in [6.07, 6.45) is 6.21. The quantitative estimate of drug-likeness (QED) is 0.731. The molecular weight excluding hydrogens is 164 g/mol. The number of hydrogen-bond acceptors (Lipinski definition) is 2. The fraction of sp³-hybridized carbons (Fsp3) is 1.00. The van der Waals surface area contributed by atoms with Crippen LogP contribution in [0.2, 0.25) is 0 Å². The first-order valence-corrected chi connectivity index (χ1v) is 5.51. The molecular formula is C11H22O2. The summed E-state index contributed by atoms with van der Waals surface area (Å²) in [5, 5.41) is 9.94. The van der Waals surface area contributed by atoms with Gasteiger partial charge in [-0.3, -0.25) is 0 Å². The van der Waals surface area contributed by atoms with Crippen LogP contribution in [0, 0.1) is 0 Å². The number of ether oxygens (including phenoxy) is 1. The molecule has 2 nitrogen and oxygen atoms in total. The standard InChI is InChI=1S/C11H22O2/c1-3-4-7-10(12)11(2)8-5-6-9-13-11/h10,12H,3-9H2,1-2H3. The van der Waals surface area contributed by atoms with Gasteiger partial charge in [0, 0.05) is 6.61 Å². The zero-order valence-electron chi connectivity index (χ0n) is 8.88. The SMILES string of the molecule is CCCCC(O)C1(C)CCCCO1. The van der Waals surface area contributed by atoms with E-state index in [9.17, 15) is 5.11 Å². The first-order chi connectivity index (χ1) is 6.19. The zero-order chi connectivity index (χ0) is 9.73. The van der Waals surface area contributed by atoms with Gasteiger partial charge in [0.1, 0.15) is 0 Å². The fourth-order valence-electron chi connectivity index (χ4n) is 1.92. The maximum Gasteiger partial charge on any atom is 0.0912 e. The van der Waals surface area contributed by atoms with Crippen LogP contribution in [0.25, 0.3) is 0 Å². The minimum atomic E-state index is -0.271. The molecule has 1 N–H and O–H groups in total. The Morgan fingerprint density at radius 2 is 2.23 bits per heavy atom. The van der Waals surface area contributed by atoms with Crippen LogP contribution in [0.1, 0.15) is 52.4 Å². The summed E-state index contributed by atoms with van der Waals surface area (Å²) in [4.78, 5) is 0. The van der Waals surface area contributed by atoms with Crippen LogP contribution in [-0.4, -0.2) is 23.4 Å². The lowest BCUT2D eigenvalue weighted by atomic mass is 9.87. The van der Waals surface area contributed by atoms with E-state index in [-0.39, 0.29) is 11.7 Å². The molecule has 0 amide bonds. The highest BCUT2D eigenvalue weighted by atomic mass is 16.5. The van der Waals surface area contributed by atoms with E-state index >= 15 is 0 Å². The lowest BCUT2D eigenvalue weighted by Crippen LogP contribution is -2.44. The van der Waals surface area contributed by atoms with E-state index in [0.29, 0.717) is 0 Å². The zero-order valence-corrected chi connectivity index (χ0v) is 8.88. The minimum absolute atomic E-state index is 0.257. The highest BCUT2D eigenvalue weighted by Gasteiger charge is 2.34. The number of rotatable bonds is 4. The smallest absolute Gasteiger partial charge is 0.0912 e. The molecule has 0 aromatic carbocycles. The van der Waals surface area contributed by atoms with Crippen LogP contribution < -0.4 is 0 Å². The largest absolute Gasteiger partial charge is 0.390 e. The highest BCUT2D eigenvalue weighted by molar-refractivity contribution is 4.86. The van der Waals surface area contributed by atoms with Crippen molar-refractivity contribution in [2.75, 3.05) is 6.61 Å². The summed E-state index contributed by atoms with van der Waals surface area (Å²) >= 11 is 0. The molecule has 78 valence electrons. The van der Waals surface area contributed by atoms with Crippen molar-refractivity contribution in [3.8, 4) is 0 Å². The Balaban J connectivity index is 2.37. The van der Waals surface area contributed by atoms with Crippen molar-refractivity contribution in [2.24, 2.45) is 0 Å². The minimum Gasteiger partial charge on any atom is -0.390 e. The predicted octanol–water partition coefficient (Wildman–Crippen LogP) is 2.50. The van der Waals surface area contributed by atoms with Gasteiger partial charge in [-0.1, -0.05) is 19.8 Å². The van der Waals surface area contributed by atoms with Gasteiger partial charge in [-0.2, -0.15) is 0 Å². The Hall–Kier alpha value is -0.0800. The van der Waals surface area contributed by atoms with Gasteiger partial charge in [0.2, 0.25) is 0 Å². The molecule has 1 aliphatic rings. The molecule has 1 saturated heterocycles. The normalized spacial score (nSPS) is 31.6. The molecule has 1 fully saturated rings. The second-order valence-electron chi connectivity index (χ2n) is 4.28. The van der Waals surface area contributed by atoms with Crippen molar-refractivity contribution >= 4 is 0 Å². The molecule has 0 radical (unpaired) electrons. The third-order valence-corrected chi connectivity index (χ3v) is 3.04. The van der Waals surface area contributed by atoms with E-state index in [0.717, 1.165) is 38.7 Å². The Morgan fingerprint density at radius 3 is 2.77 bits per heavy atom. The average molecular weight is 186 g/mol. The molecule has 1 aliphatic heterocycles.